The zero-order valence-electron chi connectivity index (χ0n) is 20.0. The van der Waals surface area contributed by atoms with Gasteiger partial charge in [0.15, 0.2) is 11.9 Å². The molecule has 0 spiro atoms. The third kappa shape index (κ3) is 4.22. The van der Waals surface area contributed by atoms with E-state index in [1.807, 2.05) is 73.1 Å². The molecule has 5 rings (SSSR count). The summed E-state index contributed by atoms with van der Waals surface area (Å²) in [5.74, 6) is 1.52. The maximum Gasteiger partial charge on any atom is 0.179 e. The number of rotatable bonds is 6. The van der Waals surface area contributed by atoms with Gasteiger partial charge >= 0.3 is 0 Å². The van der Waals surface area contributed by atoms with E-state index in [1.54, 1.807) is 0 Å². The Balaban J connectivity index is 1.52. The third-order valence-corrected chi connectivity index (χ3v) is 6.16. The summed E-state index contributed by atoms with van der Waals surface area (Å²) in [7, 11) is 3.90. The normalized spacial score (nSPS) is 17.0. The van der Waals surface area contributed by atoms with Gasteiger partial charge in [-0.2, -0.15) is 10.2 Å². The van der Waals surface area contributed by atoms with Crippen LogP contribution in [0.1, 0.15) is 23.1 Å². The summed E-state index contributed by atoms with van der Waals surface area (Å²) < 4.78 is 14.6. The lowest BCUT2D eigenvalue weighted by Crippen LogP contribution is -2.43. The van der Waals surface area contributed by atoms with Crippen LogP contribution in [0.25, 0.3) is 16.6 Å². The van der Waals surface area contributed by atoms with Crippen LogP contribution < -0.4 is 15.0 Å². The molecule has 8 heteroatoms. The zero-order valence-corrected chi connectivity index (χ0v) is 20.0. The number of anilines is 1. The van der Waals surface area contributed by atoms with Crippen molar-refractivity contribution in [2.24, 2.45) is 0 Å². The van der Waals surface area contributed by atoms with Crippen LogP contribution in [0.4, 0.5) is 5.82 Å². The van der Waals surface area contributed by atoms with Crippen molar-refractivity contribution in [2.45, 2.75) is 26.1 Å². The first-order valence-corrected chi connectivity index (χ1v) is 11.6. The number of hydrogen-bond donors (Lipinski definition) is 1. The molecule has 0 radical (unpaired) electrons. The molecule has 34 heavy (non-hydrogen) atoms. The molecule has 0 amide bonds. The minimum absolute atomic E-state index is 0.0729. The van der Waals surface area contributed by atoms with Crippen LogP contribution in [0.5, 0.6) is 5.75 Å². The van der Waals surface area contributed by atoms with Gasteiger partial charge in [-0.05, 0) is 31.5 Å². The Morgan fingerprint density at radius 2 is 1.91 bits per heavy atom. The van der Waals surface area contributed by atoms with E-state index in [9.17, 15) is 0 Å². The van der Waals surface area contributed by atoms with Crippen molar-refractivity contribution in [1.82, 2.24) is 25.3 Å². The Bertz CT molecular complexity index is 1280. The van der Waals surface area contributed by atoms with Crippen LogP contribution in [0.15, 0.2) is 54.6 Å². The van der Waals surface area contributed by atoms with Crippen molar-refractivity contribution in [3.8, 4) is 11.4 Å². The van der Waals surface area contributed by atoms with Gasteiger partial charge in [-0.25, -0.2) is 4.68 Å². The van der Waals surface area contributed by atoms with Crippen molar-refractivity contribution in [1.29, 1.82) is 0 Å². The fourth-order valence-corrected chi connectivity index (χ4v) is 4.48. The van der Waals surface area contributed by atoms with E-state index in [0.717, 1.165) is 58.2 Å². The van der Waals surface area contributed by atoms with Crippen LogP contribution in [-0.4, -0.2) is 59.9 Å². The summed E-state index contributed by atoms with van der Waals surface area (Å²) in [6.45, 7) is 6.31. The average molecular weight is 459 g/mol. The van der Waals surface area contributed by atoms with Gasteiger partial charge < -0.3 is 19.7 Å². The summed E-state index contributed by atoms with van der Waals surface area (Å²) in [4.78, 5) is 1.94. The second-order valence-electron chi connectivity index (χ2n) is 8.78. The molecule has 1 fully saturated rings. The Labute approximate surface area is 199 Å². The Kier molecular flexibility index (Phi) is 6.17. The second-order valence-corrected chi connectivity index (χ2v) is 8.78. The van der Waals surface area contributed by atoms with Crippen molar-refractivity contribution in [3.05, 3.63) is 71.5 Å². The highest BCUT2D eigenvalue weighted by molar-refractivity contribution is 5.92. The fraction of sp³-hybridized carbons (Fsp3) is 0.346. The maximum absolute atomic E-state index is 6.56. The molecule has 0 unspecified atom stereocenters. The molecule has 1 aliphatic rings. The predicted octanol–water partition coefficient (Wildman–Crippen LogP) is 3.61. The van der Waals surface area contributed by atoms with Gasteiger partial charge in [0.25, 0.3) is 0 Å². The third-order valence-electron chi connectivity index (χ3n) is 6.16. The molecular formula is C26H30N6O2. The molecule has 0 saturated carbocycles. The molecule has 1 saturated heterocycles. The number of hydrogen-bond acceptors (Lipinski definition) is 7. The summed E-state index contributed by atoms with van der Waals surface area (Å²) in [6.07, 6.45) is -0.297. The number of fused-ring (bicyclic) bond motifs is 1. The van der Waals surface area contributed by atoms with Crippen LogP contribution >= 0.6 is 0 Å². The lowest BCUT2D eigenvalue weighted by molar-refractivity contribution is -0.0432. The van der Waals surface area contributed by atoms with Gasteiger partial charge in [-0.3, -0.25) is 0 Å². The second kappa shape index (κ2) is 9.40. The first-order valence-electron chi connectivity index (χ1n) is 11.6. The van der Waals surface area contributed by atoms with Gasteiger partial charge in [0, 0.05) is 33.3 Å². The lowest BCUT2D eigenvalue weighted by atomic mass is 10.0. The SMILES string of the molecule is Cc1nnc(N(C)C)c2nn(-c3cccc(O[C@H](c4ccccc4)[C@H]4CNCCO4)c3)c(C)c12. The van der Waals surface area contributed by atoms with Crippen molar-refractivity contribution < 1.29 is 9.47 Å². The molecule has 4 aromatic rings. The standard InChI is InChI=1S/C26H30N6O2/c1-17-23-18(2)32(30-24(23)26(29-28-17)31(3)4)20-11-8-12-21(15-20)34-25(19-9-6-5-7-10-19)22-16-27-13-14-33-22/h5-12,15,22,25,27H,13-14,16H2,1-4H3/t22-,25-/m1/s1. The molecule has 2 aromatic carbocycles. The van der Waals surface area contributed by atoms with Crippen LogP contribution in [-0.2, 0) is 4.74 Å². The molecular weight excluding hydrogens is 428 g/mol. The first kappa shape index (κ1) is 22.3. The molecule has 0 bridgehead atoms. The quantitative estimate of drug-likeness (QED) is 0.473. The van der Waals surface area contributed by atoms with Gasteiger partial charge in [-0.15, -0.1) is 5.10 Å². The van der Waals surface area contributed by atoms with Crippen molar-refractivity contribution in [3.63, 3.8) is 0 Å². The number of ether oxygens (including phenoxy) is 2. The molecule has 176 valence electrons. The Hall–Kier alpha value is -3.49. The molecule has 1 N–H and O–H groups in total. The van der Waals surface area contributed by atoms with Crippen LogP contribution in [0.3, 0.4) is 0 Å². The van der Waals surface area contributed by atoms with Crippen molar-refractivity contribution >= 4 is 16.7 Å². The van der Waals surface area contributed by atoms with E-state index in [2.05, 4.69) is 34.6 Å². The summed E-state index contributed by atoms with van der Waals surface area (Å²) >= 11 is 0. The fourth-order valence-electron chi connectivity index (χ4n) is 4.48. The van der Waals surface area contributed by atoms with E-state index in [-0.39, 0.29) is 12.2 Å². The summed E-state index contributed by atoms with van der Waals surface area (Å²) in [5, 5.41) is 18.1. The highest BCUT2D eigenvalue weighted by Crippen LogP contribution is 2.31. The number of aryl methyl sites for hydroxylation is 2. The highest BCUT2D eigenvalue weighted by Gasteiger charge is 2.28. The van der Waals surface area contributed by atoms with E-state index >= 15 is 0 Å². The summed E-state index contributed by atoms with van der Waals surface area (Å²) in [5.41, 5.74) is 4.73. The number of nitrogens with one attached hydrogen (secondary N) is 1. The smallest absolute Gasteiger partial charge is 0.179 e. The van der Waals surface area contributed by atoms with E-state index < -0.39 is 0 Å². The van der Waals surface area contributed by atoms with E-state index in [4.69, 9.17) is 14.6 Å². The number of aromatic nitrogens is 4. The monoisotopic (exact) mass is 458 g/mol. The summed E-state index contributed by atoms with van der Waals surface area (Å²) in [6, 6.07) is 18.3. The maximum atomic E-state index is 6.56. The number of nitrogens with zero attached hydrogens (tertiary/aromatic N) is 5. The Morgan fingerprint density at radius 3 is 2.65 bits per heavy atom. The minimum Gasteiger partial charge on any atom is -0.483 e. The van der Waals surface area contributed by atoms with Crippen molar-refractivity contribution in [2.75, 3.05) is 38.7 Å². The molecule has 3 heterocycles. The largest absolute Gasteiger partial charge is 0.483 e. The molecule has 8 nitrogen and oxygen atoms in total. The number of benzene rings is 2. The molecule has 0 aliphatic carbocycles. The van der Waals surface area contributed by atoms with Gasteiger partial charge in [0.1, 0.15) is 17.4 Å². The van der Waals surface area contributed by atoms with Gasteiger partial charge in [0.05, 0.1) is 29.1 Å². The molecule has 2 aromatic heterocycles. The van der Waals surface area contributed by atoms with Gasteiger partial charge in [0.2, 0.25) is 0 Å². The minimum atomic E-state index is -0.224. The predicted molar refractivity (Wildman–Crippen MR) is 133 cm³/mol. The van der Waals surface area contributed by atoms with E-state index in [0.29, 0.717) is 6.61 Å². The number of morpholine rings is 1. The van der Waals surface area contributed by atoms with E-state index in [1.165, 1.54) is 0 Å². The highest BCUT2D eigenvalue weighted by atomic mass is 16.5. The van der Waals surface area contributed by atoms with Gasteiger partial charge in [-0.1, -0.05) is 36.4 Å². The molecule has 2 atom stereocenters. The Morgan fingerprint density at radius 1 is 1.09 bits per heavy atom. The first-order chi connectivity index (χ1) is 16.5. The zero-order chi connectivity index (χ0) is 23.7. The average Bonchev–Trinajstić information content (AvgIpc) is 3.21. The molecule has 1 aliphatic heterocycles. The van der Waals surface area contributed by atoms with Crippen LogP contribution in [0, 0.1) is 13.8 Å². The topological polar surface area (TPSA) is 77.3 Å². The lowest BCUT2D eigenvalue weighted by Gasteiger charge is -2.31. The van der Waals surface area contributed by atoms with Crippen LogP contribution in [0.2, 0.25) is 0 Å².